The number of pyridine rings is 1. The van der Waals surface area contributed by atoms with Crippen molar-refractivity contribution >= 4 is 10.9 Å². The third kappa shape index (κ3) is 2.30. The fourth-order valence-corrected chi connectivity index (χ4v) is 2.24. The predicted molar refractivity (Wildman–Crippen MR) is 69.1 cm³/mol. The number of rotatable bonds is 4. The molecule has 1 atom stereocenters. The second-order valence-corrected chi connectivity index (χ2v) is 4.83. The molecule has 17 heavy (non-hydrogen) atoms. The van der Waals surface area contributed by atoms with Crippen molar-refractivity contribution < 1.29 is 0 Å². The number of benzene rings is 1. The van der Waals surface area contributed by atoms with Gasteiger partial charge in [-0.3, -0.25) is 16.3 Å². The Bertz CT molecular complexity index is 520. The number of aromatic nitrogens is 1. The van der Waals surface area contributed by atoms with E-state index in [0.29, 0.717) is 0 Å². The summed E-state index contributed by atoms with van der Waals surface area (Å²) in [4.78, 5) is 4.68. The van der Waals surface area contributed by atoms with E-state index in [1.165, 1.54) is 18.2 Å². The van der Waals surface area contributed by atoms with Crippen molar-refractivity contribution in [2.45, 2.75) is 25.3 Å². The van der Waals surface area contributed by atoms with Gasteiger partial charge in [0.25, 0.3) is 0 Å². The van der Waals surface area contributed by atoms with Crippen LogP contribution in [0.4, 0.5) is 0 Å². The molecule has 0 amide bonds. The van der Waals surface area contributed by atoms with Gasteiger partial charge in [0.05, 0.1) is 17.3 Å². The van der Waals surface area contributed by atoms with Crippen LogP contribution in [0.3, 0.4) is 0 Å². The molecule has 1 aliphatic carbocycles. The zero-order chi connectivity index (χ0) is 11.7. The molecular formula is C14H17N3. The van der Waals surface area contributed by atoms with Crippen molar-refractivity contribution in [3.8, 4) is 0 Å². The molecule has 88 valence electrons. The Kier molecular flexibility index (Phi) is 2.79. The Morgan fingerprint density at radius 1 is 1.24 bits per heavy atom. The van der Waals surface area contributed by atoms with Crippen LogP contribution in [-0.4, -0.2) is 4.98 Å². The second-order valence-electron chi connectivity index (χ2n) is 4.83. The van der Waals surface area contributed by atoms with Crippen LogP contribution in [0.5, 0.6) is 0 Å². The lowest BCUT2D eigenvalue weighted by atomic mass is 10.1. The average Bonchev–Trinajstić information content (AvgIpc) is 3.19. The van der Waals surface area contributed by atoms with E-state index < -0.39 is 0 Å². The summed E-state index contributed by atoms with van der Waals surface area (Å²) >= 11 is 0. The number of hydrogen-bond acceptors (Lipinski definition) is 3. The maximum atomic E-state index is 5.63. The highest BCUT2D eigenvalue weighted by Crippen LogP contribution is 2.37. The molecule has 1 aliphatic rings. The second kappa shape index (κ2) is 4.43. The van der Waals surface area contributed by atoms with E-state index >= 15 is 0 Å². The van der Waals surface area contributed by atoms with Gasteiger partial charge in [0.15, 0.2) is 0 Å². The number of nitrogens with two attached hydrogens (primary N) is 1. The highest BCUT2D eigenvalue weighted by atomic mass is 15.2. The zero-order valence-corrected chi connectivity index (χ0v) is 9.76. The molecule has 3 rings (SSSR count). The number of nitrogens with one attached hydrogen (secondary N) is 1. The van der Waals surface area contributed by atoms with E-state index in [9.17, 15) is 0 Å². The number of hydrazine groups is 1. The Morgan fingerprint density at radius 3 is 2.82 bits per heavy atom. The van der Waals surface area contributed by atoms with Gasteiger partial charge >= 0.3 is 0 Å². The summed E-state index contributed by atoms with van der Waals surface area (Å²) in [5, 5.41) is 1.18. The molecular weight excluding hydrogens is 210 g/mol. The minimum absolute atomic E-state index is 0.187. The van der Waals surface area contributed by atoms with Gasteiger partial charge in [-0.05, 0) is 24.5 Å². The molecule has 1 heterocycles. The van der Waals surface area contributed by atoms with E-state index in [0.717, 1.165) is 23.5 Å². The van der Waals surface area contributed by atoms with Crippen molar-refractivity contribution in [2.75, 3.05) is 0 Å². The Morgan fingerprint density at radius 2 is 2.06 bits per heavy atom. The van der Waals surface area contributed by atoms with Crippen LogP contribution in [0.2, 0.25) is 0 Å². The van der Waals surface area contributed by atoms with Crippen molar-refractivity contribution in [2.24, 2.45) is 11.8 Å². The predicted octanol–water partition coefficient (Wildman–Crippen LogP) is 2.54. The Labute approximate surface area is 101 Å². The van der Waals surface area contributed by atoms with E-state index in [-0.39, 0.29) is 6.04 Å². The lowest BCUT2D eigenvalue weighted by Gasteiger charge is -2.15. The van der Waals surface area contributed by atoms with Crippen LogP contribution < -0.4 is 11.3 Å². The molecule has 0 saturated heterocycles. The third-order valence-corrected chi connectivity index (χ3v) is 3.44. The van der Waals surface area contributed by atoms with Gasteiger partial charge in [0.2, 0.25) is 0 Å². The molecule has 1 aromatic heterocycles. The minimum atomic E-state index is 0.187. The molecule has 1 saturated carbocycles. The number of nitrogens with zero attached hydrogens (tertiary/aromatic N) is 1. The molecule has 0 radical (unpaired) electrons. The summed E-state index contributed by atoms with van der Waals surface area (Å²) in [6, 6.07) is 12.6. The highest BCUT2D eigenvalue weighted by Gasteiger charge is 2.26. The van der Waals surface area contributed by atoms with E-state index in [4.69, 9.17) is 5.84 Å². The number of fused-ring (bicyclic) bond motifs is 1. The van der Waals surface area contributed by atoms with Gasteiger partial charge in [-0.25, -0.2) is 0 Å². The fraction of sp³-hybridized carbons (Fsp3) is 0.357. The topological polar surface area (TPSA) is 50.9 Å². The smallest absolute Gasteiger partial charge is 0.0706 e. The van der Waals surface area contributed by atoms with Crippen LogP contribution in [0.15, 0.2) is 36.4 Å². The molecule has 2 aromatic rings. The first kappa shape index (κ1) is 10.7. The Balaban J connectivity index is 1.92. The molecule has 1 fully saturated rings. The first-order valence-corrected chi connectivity index (χ1v) is 6.18. The largest absolute Gasteiger partial charge is 0.271 e. The van der Waals surface area contributed by atoms with E-state index in [2.05, 4.69) is 28.6 Å². The quantitative estimate of drug-likeness (QED) is 0.623. The maximum absolute atomic E-state index is 5.63. The third-order valence-electron chi connectivity index (χ3n) is 3.44. The zero-order valence-electron chi connectivity index (χ0n) is 9.76. The van der Waals surface area contributed by atoms with E-state index in [1.54, 1.807) is 0 Å². The Hall–Kier alpha value is -1.45. The van der Waals surface area contributed by atoms with Crippen molar-refractivity contribution in [1.82, 2.24) is 10.4 Å². The van der Waals surface area contributed by atoms with Gasteiger partial charge in [0, 0.05) is 5.39 Å². The molecule has 1 unspecified atom stereocenters. The monoisotopic (exact) mass is 227 g/mol. The van der Waals surface area contributed by atoms with Gasteiger partial charge < -0.3 is 0 Å². The highest BCUT2D eigenvalue weighted by molar-refractivity contribution is 5.78. The lowest BCUT2D eigenvalue weighted by Crippen LogP contribution is -2.29. The molecule has 1 aromatic carbocycles. The first-order chi connectivity index (χ1) is 8.36. The van der Waals surface area contributed by atoms with E-state index in [1.807, 2.05) is 18.2 Å². The van der Waals surface area contributed by atoms with Crippen LogP contribution >= 0.6 is 0 Å². The van der Waals surface area contributed by atoms with Gasteiger partial charge in [-0.2, -0.15) is 0 Å². The maximum Gasteiger partial charge on any atom is 0.0706 e. The number of hydrogen-bond donors (Lipinski definition) is 2. The van der Waals surface area contributed by atoms with Crippen LogP contribution in [0.1, 0.15) is 31.0 Å². The van der Waals surface area contributed by atoms with Crippen LogP contribution in [-0.2, 0) is 0 Å². The summed E-state index contributed by atoms with van der Waals surface area (Å²) in [5.74, 6) is 6.47. The lowest BCUT2D eigenvalue weighted by molar-refractivity contribution is 0.478. The van der Waals surface area contributed by atoms with Gasteiger partial charge in [-0.1, -0.05) is 37.1 Å². The SMILES string of the molecule is NNC(CC1CC1)c1ccc2ccccc2n1. The molecule has 3 N–H and O–H groups in total. The average molecular weight is 227 g/mol. The number of para-hydroxylation sites is 1. The molecule has 0 bridgehead atoms. The van der Waals surface area contributed by atoms with Crippen molar-refractivity contribution in [1.29, 1.82) is 0 Å². The summed E-state index contributed by atoms with van der Waals surface area (Å²) in [6.45, 7) is 0. The molecule has 3 heteroatoms. The fourth-order valence-electron chi connectivity index (χ4n) is 2.24. The van der Waals surface area contributed by atoms with Crippen LogP contribution in [0.25, 0.3) is 10.9 Å². The van der Waals surface area contributed by atoms with Crippen molar-refractivity contribution in [3.63, 3.8) is 0 Å². The van der Waals surface area contributed by atoms with Gasteiger partial charge in [0.1, 0.15) is 0 Å². The first-order valence-electron chi connectivity index (χ1n) is 6.18. The summed E-state index contributed by atoms with van der Waals surface area (Å²) in [6.07, 6.45) is 3.78. The summed E-state index contributed by atoms with van der Waals surface area (Å²) in [5.41, 5.74) is 4.99. The summed E-state index contributed by atoms with van der Waals surface area (Å²) < 4.78 is 0. The summed E-state index contributed by atoms with van der Waals surface area (Å²) in [7, 11) is 0. The van der Waals surface area contributed by atoms with Crippen LogP contribution in [0, 0.1) is 5.92 Å². The normalized spacial score (nSPS) is 17.2. The molecule has 3 nitrogen and oxygen atoms in total. The van der Waals surface area contributed by atoms with Gasteiger partial charge in [-0.15, -0.1) is 0 Å². The van der Waals surface area contributed by atoms with Crippen molar-refractivity contribution in [3.05, 3.63) is 42.1 Å². The molecule has 0 spiro atoms. The minimum Gasteiger partial charge on any atom is -0.271 e. The molecule has 0 aliphatic heterocycles. The standard InChI is InChI=1S/C14H17N3/c15-17-14(9-10-5-6-10)13-8-7-11-3-1-2-4-12(11)16-13/h1-4,7-8,10,14,17H,5-6,9,15H2.